The maximum absolute atomic E-state index is 9.61. The number of hydrogen-bond acceptors (Lipinski definition) is 3. The summed E-state index contributed by atoms with van der Waals surface area (Å²) in [6.45, 7) is 0. The van der Waals surface area contributed by atoms with Gasteiger partial charge in [-0.15, -0.1) is 0 Å². The number of phenolic OH excluding ortho intramolecular Hbond substituents is 1. The van der Waals surface area contributed by atoms with Crippen LogP contribution in [0.3, 0.4) is 0 Å². The smallest absolute Gasteiger partial charge is 0.116 e. The fourth-order valence-corrected chi connectivity index (χ4v) is 3.58. The highest BCUT2D eigenvalue weighted by atomic mass is 16.3. The van der Waals surface area contributed by atoms with E-state index < -0.39 is 0 Å². The van der Waals surface area contributed by atoms with Gasteiger partial charge in [0.1, 0.15) is 5.75 Å². The lowest BCUT2D eigenvalue weighted by Crippen LogP contribution is -2.48. The van der Waals surface area contributed by atoms with Gasteiger partial charge in [0.15, 0.2) is 0 Å². The van der Waals surface area contributed by atoms with Crippen molar-refractivity contribution in [3.63, 3.8) is 0 Å². The number of hydrogen-bond donors (Lipinski definition) is 2. The van der Waals surface area contributed by atoms with Gasteiger partial charge in [-0.2, -0.15) is 0 Å². The fourth-order valence-electron chi connectivity index (χ4n) is 3.58. The largest absolute Gasteiger partial charge is 0.508 e. The zero-order chi connectivity index (χ0) is 12.0. The molecular weight excluding hydrogens is 212 g/mol. The Hall–Kier alpha value is -1.22. The normalized spacial score (nSPS) is 31.9. The molecule has 3 N–H and O–H groups in total. The summed E-state index contributed by atoms with van der Waals surface area (Å²) in [5.41, 5.74) is 8.69. The summed E-state index contributed by atoms with van der Waals surface area (Å²) in [5.74, 6) is 0.866. The molecule has 3 unspecified atom stereocenters. The van der Waals surface area contributed by atoms with Gasteiger partial charge in [0.25, 0.3) is 0 Å². The number of benzene rings is 1. The molecule has 17 heavy (non-hydrogen) atoms. The van der Waals surface area contributed by atoms with Gasteiger partial charge in [0.05, 0.1) is 0 Å². The molecule has 2 aliphatic rings. The second-order valence-corrected chi connectivity index (χ2v) is 5.40. The maximum Gasteiger partial charge on any atom is 0.116 e. The first kappa shape index (κ1) is 10.9. The molecule has 92 valence electrons. The predicted molar refractivity (Wildman–Crippen MR) is 69.2 cm³/mol. The van der Waals surface area contributed by atoms with Crippen molar-refractivity contribution in [2.45, 2.75) is 37.8 Å². The molecule has 1 aliphatic carbocycles. The summed E-state index contributed by atoms with van der Waals surface area (Å²) < 4.78 is 0. The monoisotopic (exact) mass is 232 g/mol. The fraction of sp³-hybridized carbons (Fsp3) is 0.571. The molecule has 3 heteroatoms. The Balaban J connectivity index is 2.07. The minimum Gasteiger partial charge on any atom is -0.508 e. The van der Waals surface area contributed by atoms with Crippen LogP contribution < -0.4 is 10.6 Å². The summed E-state index contributed by atoms with van der Waals surface area (Å²) >= 11 is 0. The molecule has 1 aromatic carbocycles. The zero-order valence-corrected chi connectivity index (χ0v) is 10.3. The van der Waals surface area contributed by atoms with Crippen molar-refractivity contribution in [2.75, 3.05) is 11.9 Å². The van der Waals surface area contributed by atoms with Gasteiger partial charge < -0.3 is 15.7 Å². The van der Waals surface area contributed by atoms with Crippen molar-refractivity contribution >= 4 is 5.69 Å². The molecule has 3 rings (SSSR count). The lowest BCUT2D eigenvalue weighted by molar-refractivity contribution is 0.246. The summed E-state index contributed by atoms with van der Waals surface area (Å²) in [6, 6.07) is 6.25. The molecule has 1 heterocycles. The molecule has 3 atom stereocenters. The van der Waals surface area contributed by atoms with Gasteiger partial charge >= 0.3 is 0 Å². The molecule has 1 fully saturated rings. The Bertz CT molecular complexity index is 432. The molecule has 1 aliphatic heterocycles. The van der Waals surface area contributed by atoms with Crippen LogP contribution in [-0.2, 0) is 0 Å². The van der Waals surface area contributed by atoms with E-state index in [-0.39, 0.29) is 6.04 Å². The van der Waals surface area contributed by atoms with Crippen LogP contribution in [0.5, 0.6) is 5.75 Å². The van der Waals surface area contributed by atoms with E-state index in [4.69, 9.17) is 5.73 Å². The van der Waals surface area contributed by atoms with Crippen molar-refractivity contribution in [1.82, 2.24) is 0 Å². The van der Waals surface area contributed by atoms with Crippen LogP contribution in [0.1, 0.15) is 37.3 Å². The van der Waals surface area contributed by atoms with Crippen molar-refractivity contribution < 1.29 is 5.11 Å². The van der Waals surface area contributed by atoms with Gasteiger partial charge in [0.2, 0.25) is 0 Å². The summed E-state index contributed by atoms with van der Waals surface area (Å²) in [6.07, 6.45) is 5.06. The molecular formula is C14H20N2O. The summed E-state index contributed by atoms with van der Waals surface area (Å²) in [4.78, 5) is 2.36. The molecule has 1 aromatic rings. The number of anilines is 1. The Kier molecular flexibility index (Phi) is 2.51. The van der Waals surface area contributed by atoms with Crippen LogP contribution in [0.4, 0.5) is 5.69 Å². The number of aromatic hydroxyl groups is 1. The Labute approximate surface area is 102 Å². The molecule has 0 spiro atoms. The third-order valence-electron chi connectivity index (χ3n) is 4.49. The van der Waals surface area contributed by atoms with Gasteiger partial charge in [0, 0.05) is 24.8 Å². The van der Waals surface area contributed by atoms with E-state index in [1.54, 1.807) is 6.07 Å². The third-order valence-corrected chi connectivity index (χ3v) is 4.49. The topological polar surface area (TPSA) is 49.5 Å². The standard InChI is InChI=1S/C14H20N2O/c1-16-12-5-3-2-4-10(12)14(15)11-8-9(17)6-7-13(11)16/h6-8,10,12,14,17H,2-5,15H2,1H3. The third kappa shape index (κ3) is 1.61. The highest BCUT2D eigenvalue weighted by molar-refractivity contribution is 5.60. The zero-order valence-electron chi connectivity index (χ0n) is 10.3. The van der Waals surface area contributed by atoms with Crippen molar-refractivity contribution in [3.05, 3.63) is 23.8 Å². The molecule has 3 nitrogen and oxygen atoms in total. The first-order valence-corrected chi connectivity index (χ1v) is 6.50. The van der Waals surface area contributed by atoms with Crippen LogP contribution in [0.25, 0.3) is 0 Å². The van der Waals surface area contributed by atoms with Gasteiger partial charge in [-0.3, -0.25) is 0 Å². The average molecular weight is 232 g/mol. The van der Waals surface area contributed by atoms with Gasteiger partial charge in [-0.25, -0.2) is 0 Å². The molecule has 1 saturated carbocycles. The molecule has 0 saturated heterocycles. The first-order chi connectivity index (χ1) is 8.18. The lowest BCUT2D eigenvalue weighted by atomic mass is 9.74. The molecule has 0 radical (unpaired) electrons. The highest BCUT2D eigenvalue weighted by Gasteiger charge is 2.39. The summed E-state index contributed by atoms with van der Waals surface area (Å²) in [7, 11) is 2.16. The number of fused-ring (bicyclic) bond motifs is 2. The number of nitrogens with two attached hydrogens (primary N) is 1. The van der Waals surface area contributed by atoms with Crippen molar-refractivity contribution in [3.8, 4) is 5.75 Å². The van der Waals surface area contributed by atoms with E-state index in [1.165, 1.54) is 31.4 Å². The lowest BCUT2D eigenvalue weighted by Gasteiger charge is -2.47. The van der Waals surface area contributed by atoms with Crippen molar-refractivity contribution in [1.29, 1.82) is 0 Å². The van der Waals surface area contributed by atoms with Crippen LogP contribution in [0.2, 0.25) is 0 Å². The predicted octanol–water partition coefficient (Wildman–Crippen LogP) is 2.40. The summed E-state index contributed by atoms with van der Waals surface area (Å²) in [5, 5.41) is 9.61. The van der Waals surface area contributed by atoms with E-state index in [2.05, 4.69) is 11.9 Å². The average Bonchev–Trinajstić information content (AvgIpc) is 2.36. The maximum atomic E-state index is 9.61. The minimum absolute atomic E-state index is 0.0820. The number of nitrogens with zero attached hydrogens (tertiary/aromatic N) is 1. The molecule has 0 amide bonds. The van der Waals surface area contributed by atoms with E-state index >= 15 is 0 Å². The highest BCUT2D eigenvalue weighted by Crippen LogP contribution is 2.45. The van der Waals surface area contributed by atoms with Crippen LogP contribution >= 0.6 is 0 Å². The molecule has 0 bridgehead atoms. The Morgan fingerprint density at radius 1 is 1.29 bits per heavy atom. The number of phenols is 1. The van der Waals surface area contributed by atoms with Crippen molar-refractivity contribution in [2.24, 2.45) is 11.7 Å². The Morgan fingerprint density at radius 2 is 2.06 bits per heavy atom. The van der Waals surface area contributed by atoms with E-state index in [1.807, 2.05) is 12.1 Å². The first-order valence-electron chi connectivity index (χ1n) is 6.50. The quantitative estimate of drug-likeness (QED) is 0.722. The second kappa shape index (κ2) is 3.91. The van der Waals surface area contributed by atoms with E-state index in [0.29, 0.717) is 17.7 Å². The minimum atomic E-state index is 0.0820. The Morgan fingerprint density at radius 3 is 2.88 bits per heavy atom. The van der Waals surface area contributed by atoms with E-state index in [0.717, 1.165) is 5.56 Å². The number of rotatable bonds is 0. The van der Waals surface area contributed by atoms with Crippen LogP contribution in [-0.4, -0.2) is 18.2 Å². The van der Waals surface area contributed by atoms with Crippen LogP contribution in [0, 0.1) is 5.92 Å². The van der Waals surface area contributed by atoms with Gasteiger partial charge in [-0.05, 0) is 42.5 Å². The second-order valence-electron chi connectivity index (χ2n) is 5.40. The van der Waals surface area contributed by atoms with Gasteiger partial charge in [-0.1, -0.05) is 12.8 Å². The molecule has 0 aromatic heterocycles. The SMILES string of the molecule is CN1c2ccc(O)cc2C(N)C2CCCCC21. The van der Waals surface area contributed by atoms with E-state index in [9.17, 15) is 5.11 Å². The van der Waals surface area contributed by atoms with Crippen LogP contribution in [0.15, 0.2) is 18.2 Å².